The third kappa shape index (κ3) is 4.62. The zero-order valence-corrected chi connectivity index (χ0v) is 19.6. The molecule has 0 spiro atoms. The molecule has 1 atom stereocenters. The van der Waals surface area contributed by atoms with Gasteiger partial charge in [-0.25, -0.2) is 0 Å². The molecule has 0 saturated carbocycles. The number of hydrogen-bond donors (Lipinski definition) is 1. The lowest BCUT2D eigenvalue weighted by Crippen LogP contribution is -2.27. The van der Waals surface area contributed by atoms with Gasteiger partial charge in [0.2, 0.25) is 5.91 Å². The lowest BCUT2D eigenvalue weighted by atomic mass is 10.1. The van der Waals surface area contributed by atoms with E-state index in [1.54, 1.807) is 17.8 Å². The molecule has 158 valence electrons. The summed E-state index contributed by atoms with van der Waals surface area (Å²) in [6.45, 7) is 0. The number of benzene rings is 3. The van der Waals surface area contributed by atoms with Gasteiger partial charge in [0.05, 0.1) is 11.3 Å². The Bertz CT molecular complexity index is 1120. The van der Waals surface area contributed by atoms with Crippen molar-refractivity contribution >= 4 is 56.6 Å². The summed E-state index contributed by atoms with van der Waals surface area (Å²) in [4.78, 5) is 29.2. The summed E-state index contributed by atoms with van der Waals surface area (Å²) >= 11 is 5.01. The molecule has 7 heteroatoms. The number of hydrogen-bond acceptors (Lipinski definition) is 4. The number of amides is 2. The van der Waals surface area contributed by atoms with Gasteiger partial charge in [-0.2, -0.15) is 0 Å². The molecule has 1 aliphatic rings. The minimum Gasteiger partial charge on any atom is -0.378 e. The van der Waals surface area contributed by atoms with Gasteiger partial charge in [0.1, 0.15) is 5.37 Å². The highest BCUT2D eigenvalue weighted by Crippen LogP contribution is 2.42. The molecule has 1 unspecified atom stereocenters. The molecule has 1 N–H and O–H groups in total. The second-order valence-electron chi connectivity index (χ2n) is 7.40. The van der Waals surface area contributed by atoms with Crippen molar-refractivity contribution in [2.75, 3.05) is 35.0 Å². The molecule has 1 fully saturated rings. The zero-order valence-electron chi connectivity index (χ0n) is 17.2. The van der Waals surface area contributed by atoms with Crippen molar-refractivity contribution in [3.63, 3.8) is 0 Å². The predicted octanol–water partition coefficient (Wildman–Crippen LogP) is 5.55. The number of nitrogens with one attached hydrogen (secondary N) is 1. The third-order valence-corrected chi connectivity index (χ3v) is 6.96. The van der Waals surface area contributed by atoms with Crippen LogP contribution in [0.15, 0.2) is 77.3 Å². The fraction of sp³-hybridized carbons (Fsp3) is 0.167. The average molecular weight is 496 g/mol. The first-order valence-corrected chi connectivity index (χ1v) is 11.6. The Morgan fingerprint density at radius 2 is 1.81 bits per heavy atom. The van der Waals surface area contributed by atoms with E-state index < -0.39 is 0 Å². The van der Waals surface area contributed by atoms with Crippen LogP contribution in [0.3, 0.4) is 0 Å². The number of nitrogens with zero attached hydrogens (tertiary/aromatic N) is 2. The van der Waals surface area contributed by atoms with E-state index in [4.69, 9.17) is 0 Å². The standard InChI is InChI=1S/C24H22BrN3O2S/c1-27(2)18-10-12-19(13-11-18)28-22(29)15-31-24(28)16-6-5-7-17(14-16)26-23(30)20-8-3-4-9-21(20)25/h3-14,24H,15H2,1-2H3,(H,26,30). The number of carbonyl (C=O) groups excluding carboxylic acids is 2. The summed E-state index contributed by atoms with van der Waals surface area (Å²) in [5.41, 5.74) is 4.18. The number of anilines is 3. The number of rotatable bonds is 5. The van der Waals surface area contributed by atoms with Gasteiger partial charge in [-0.1, -0.05) is 24.3 Å². The largest absolute Gasteiger partial charge is 0.378 e. The Balaban J connectivity index is 1.58. The minimum atomic E-state index is -0.184. The van der Waals surface area contributed by atoms with Crippen molar-refractivity contribution in [2.24, 2.45) is 0 Å². The topological polar surface area (TPSA) is 52.6 Å². The van der Waals surface area contributed by atoms with E-state index in [-0.39, 0.29) is 17.2 Å². The average Bonchev–Trinajstić information content (AvgIpc) is 3.15. The Labute approximate surface area is 194 Å². The zero-order chi connectivity index (χ0) is 22.0. The van der Waals surface area contributed by atoms with E-state index in [0.29, 0.717) is 17.0 Å². The van der Waals surface area contributed by atoms with E-state index in [9.17, 15) is 9.59 Å². The molecule has 0 aliphatic carbocycles. The Morgan fingerprint density at radius 1 is 1.06 bits per heavy atom. The predicted molar refractivity (Wildman–Crippen MR) is 132 cm³/mol. The van der Waals surface area contributed by atoms with Crippen LogP contribution in [0.4, 0.5) is 17.1 Å². The quantitative estimate of drug-likeness (QED) is 0.504. The molecule has 5 nitrogen and oxygen atoms in total. The smallest absolute Gasteiger partial charge is 0.256 e. The van der Waals surface area contributed by atoms with Crippen LogP contribution < -0.4 is 15.1 Å². The van der Waals surface area contributed by atoms with Crippen molar-refractivity contribution < 1.29 is 9.59 Å². The highest BCUT2D eigenvalue weighted by molar-refractivity contribution is 9.10. The lowest BCUT2D eigenvalue weighted by molar-refractivity contribution is -0.115. The molecular formula is C24H22BrN3O2S. The molecule has 1 heterocycles. The van der Waals surface area contributed by atoms with E-state index in [1.807, 2.05) is 90.6 Å². The van der Waals surface area contributed by atoms with Crippen LogP contribution in [-0.4, -0.2) is 31.7 Å². The maximum Gasteiger partial charge on any atom is 0.256 e. The van der Waals surface area contributed by atoms with Crippen LogP contribution in [0.1, 0.15) is 21.3 Å². The van der Waals surface area contributed by atoms with Gasteiger partial charge in [0.25, 0.3) is 5.91 Å². The molecule has 1 saturated heterocycles. The highest BCUT2D eigenvalue weighted by atomic mass is 79.9. The molecule has 0 radical (unpaired) electrons. The molecular weight excluding hydrogens is 474 g/mol. The van der Waals surface area contributed by atoms with Crippen molar-refractivity contribution in [3.8, 4) is 0 Å². The van der Waals surface area contributed by atoms with Gasteiger partial charge >= 0.3 is 0 Å². The number of halogens is 1. The van der Waals surface area contributed by atoms with Crippen molar-refractivity contribution in [3.05, 3.63) is 88.4 Å². The van der Waals surface area contributed by atoms with Crippen molar-refractivity contribution in [1.82, 2.24) is 0 Å². The van der Waals surface area contributed by atoms with Gasteiger partial charge in [0, 0.05) is 35.6 Å². The monoisotopic (exact) mass is 495 g/mol. The second kappa shape index (κ2) is 9.16. The number of thioether (sulfide) groups is 1. The summed E-state index contributed by atoms with van der Waals surface area (Å²) in [7, 11) is 3.98. The normalized spacial score (nSPS) is 15.8. The third-order valence-electron chi connectivity index (χ3n) is 5.06. The Kier molecular flexibility index (Phi) is 6.34. The lowest BCUT2D eigenvalue weighted by Gasteiger charge is -2.25. The molecule has 0 bridgehead atoms. The van der Waals surface area contributed by atoms with Gasteiger partial charge in [0.15, 0.2) is 0 Å². The molecule has 2 amide bonds. The first kappa shape index (κ1) is 21.5. The van der Waals surface area contributed by atoms with Crippen LogP contribution >= 0.6 is 27.7 Å². The summed E-state index contributed by atoms with van der Waals surface area (Å²) < 4.78 is 0.743. The van der Waals surface area contributed by atoms with Crippen LogP contribution in [0, 0.1) is 0 Å². The Hall–Kier alpha value is -2.77. The fourth-order valence-electron chi connectivity index (χ4n) is 3.47. The van der Waals surface area contributed by atoms with Crippen LogP contribution in [0.25, 0.3) is 0 Å². The van der Waals surface area contributed by atoms with Crippen LogP contribution in [0.5, 0.6) is 0 Å². The second-order valence-corrected chi connectivity index (χ2v) is 9.32. The van der Waals surface area contributed by atoms with Crippen LogP contribution in [0.2, 0.25) is 0 Å². The first-order chi connectivity index (χ1) is 14.9. The van der Waals surface area contributed by atoms with Crippen LogP contribution in [-0.2, 0) is 4.79 Å². The Morgan fingerprint density at radius 3 is 2.52 bits per heavy atom. The molecule has 3 aromatic carbocycles. The van der Waals surface area contributed by atoms with E-state index in [2.05, 4.69) is 21.2 Å². The molecule has 31 heavy (non-hydrogen) atoms. The fourth-order valence-corrected chi connectivity index (χ4v) is 5.11. The van der Waals surface area contributed by atoms with E-state index in [0.717, 1.165) is 21.4 Å². The maximum atomic E-state index is 12.7. The molecule has 4 rings (SSSR count). The van der Waals surface area contributed by atoms with Gasteiger partial charge in [-0.15, -0.1) is 11.8 Å². The molecule has 1 aliphatic heterocycles. The van der Waals surface area contributed by atoms with Crippen molar-refractivity contribution in [1.29, 1.82) is 0 Å². The first-order valence-electron chi connectivity index (χ1n) is 9.81. The van der Waals surface area contributed by atoms with E-state index in [1.165, 1.54) is 0 Å². The van der Waals surface area contributed by atoms with Crippen molar-refractivity contribution in [2.45, 2.75) is 5.37 Å². The van der Waals surface area contributed by atoms with Gasteiger partial charge < -0.3 is 10.2 Å². The summed E-state index contributed by atoms with van der Waals surface area (Å²) in [5.74, 6) is 0.319. The SMILES string of the molecule is CN(C)c1ccc(N2C(=O)CSC2c2cccc(NC(=O)c3ccccc3Br)c2)cc1. The summed E-state index contributed by atoms with van der Waals surface area (Å²) in [6.07, 6.45) is 0. The molecule has 3 aromatic rings. The summed E-state index contributed by atoms with van der Waals surface area (Å²) in [5, 5.41) is 2.82. The maximum absolute atomic E-state index is 12.7. The highest BCUT2D eigenvalue weighted by Gasteiger charge is 2.34. The van der Waals surface area contributed by atoms with Gasteiger partial charge in [-0.3, -0.25) is 14.5 Å². The number of carbonyl (C=O) groups is 2. The summed E-state index contributed by atoms with van der Waals surface area (Å²) in [6, 6.07) is 23.0. The van der Waals surface area contributed by atoms with Gasteiger partial charge in [-0.05, 0) is 70.0 Å². The minimum absolute atomic E-state index is 0.0789. The molecule has 0 aromatic heterocycles. The van der Waals surface area contributed by atoms with E-state index >= 15 is 0 Å².